The first kappa shape index (κ1) is 16.6. The summed E-state index contributed by atoms with van der Waals surface area (Å²) < 4.78 is 18.4. The average molecular weight is 342 g/mol. The molecule has 0 unspecified atom stereocenters. The summed E-state index contributed by atoms with van der Waals surface area (Å²) in [5, 5.41) is 0.829. The maximum atomic E-state index is 12.9. The van der Waals surface area contributed by atoms with Gasteiger partial charge in [0.15, 0.2) is 6.61 Å². The molecule has 0 bridgehead atoms. The molecule has 2 aromatic carbocycles. The van der Waals surface area contributed by atoms with Crippen molar-refractivity contribution in [1.29, 1.82) is 0 Å². The summed E-state index contributed by atoms with van der Waals surface area (Å²) in [6, 6.07) is 10.5. The van der Waals surface area contributed by atoms with Gasteiger partial charge in [-0.25, -0.2) is 4.39 Å². The number of ether oxygens (including phenoxy) is 1. The highest BCUT2D eigenvalue weighted by Gasteiger charge is 2.15. The normalized spacial score (nSPS) is 10.4. The van der Waals surface area contributed by atoms with E-state index in [-0.39, 0.29) is 18.3 Å². The van der Waals surface area contributed by atoms with Gasteiger partial charge >= 0.3 is 0 Å². The standard InChI is InChI=1S/C16H14Cl2FNO2/c1-2-20(13-6-4-12(19)5-7-13)16(21)10-22-15-8-3-11(17)9-14(15)18/h3-9H,2,10H2,1H3. The van der Waals surface area contributed by atoms with Crippen LogP contribution in [0, 0.1) is 5.82 Å². The van der Waals surface area contributed by atoms with Gasteiger partial charge in [-0.15, -0.1) is 0 Å². The fourth-order valence-electron chi connectivity index (χ4n) is 1.93. The Hall–Kier alpha value is -1.78. The second-order valence-corrected chi connectivity index (χ2v) is 5.32. The molecule has 0 atom stereocenters. The molecule has 0 spiro atoms. The average Bonchev–Trinajstić information content (AvgIpc) is 2.49. The van der Waals surface area contributed by atoms with Crippen LogP contribution in [-0.2, 0) is 4.79 Å². The number of carbonyl (C=O) groups excluding carboxylic acids is 1. The van der Waals surface area contributed by atoms with Crippen LogP contribution in [0.5, 0.6) is 5.75 Å². The molecule has 0 aliphatic rings. The molecule has 22 heavy (non-hydrogen) atoms. The van der Waals surface area contributed by atoms with Gasteiger partial charge in [-0.1, -0.05) is 23.2 Å². The Labute approximate surface area is 138 Å². The fourth-order valence-corrected chi connectivity index (χ4v) is 2.40. The molecule has 116 valence electrons. The highest BCUT2D eigenvalue weighted by Crippen LogP contribution is 2.27. The van der Waals surface area contributed by atoms with Crippen LogP contribution < -0.4 is 9.64 Å². The van der Waals surface area contributed by atoms with Crippen molar-refractivity contribution in [2.24, 2.45) is 0 Å². The third-order valence-electron chi connectivity index (χ3n) is 3.00. The summed E-state index contributed by atoms with van der Waals surface area (Å²) in [5.74, 6) is -0.217. The molecule has 0 saturated carbocycles. The van der Waals surface area contributed by atoms with Crippen molar-refractivity contribution in [2.45, 2.75) is 6.92 Å². The summed E-state index contributed by atoms with van der Waals surface area (Å²) in [7, 11) is 0. The maximum Gasteiger partial charge on any atom is 0.264 e. The largest absolute Gasteiger partial charge is 0.482 e. The molecule has 0 aliphatic heterocycles. The number of halogens is 3. The van der Waals surface area contributed by atoms with Crippen LogP contribution in [0.2, 0.25) is 10.0 Å². The number of amides is 1. The van der Waals surface area contributed by atoms with E-state index in [1.807, 2.05) is 6.92 Å². The van der Waals surface area contributed by atoms with Gasteiger partial charge in [0.25, 0.3) is 5.91 Å². The topological polar surface area (TPSA) is 29.5 Å². The van der Waals surface area contributed by atoms with Crippen molar-refractivity contribution < 1.29 is 13.9 Å². The van der Waals surface area contributed by atoms with Crippen LogP contribution in [0.15, 0.2) is 42.5 Å². The number of anilines is 1. The zero-order valence-electron chi connectivity index (χ0n) is 11.9. The number of rotatable bonds is 5. The van der Waals surface area contributed by atoms with Gasteiger partial charge in [0.1, 0.15) is 11.6 Å². The zero-order chi connectivity index (χ0) is 16.1. The van der Waals surface area contributed by atoms with Gasteiger partial charge in [0.05, 0.1) is 5.02 Å². The zero-order valence-corrected chi connectivity index (χ0v) is 13.4. The molecule has 0 aliphatic carbocycles. The van der Waals surface area contributed by atoms with E-state index in [1.54, 1.807) is 30.3 Å². The molecule has 0 saturated heterocycles. The molecule has 0 N–H and O–H groups in total. The lowest BCUT2D eigenvalue weighted by Gasteiger charge is -2.21. The SMILES string of the molecule is CCN(C(=O)COc1ccc(Cl)cc1Cl)c1ccc(F)cc1. The van der Waals surface area contributed by atoms with Crippen LogP contribution >= 0.6 is 23.2 Å². The summed E-state index contributed by atoms with van der Waals surface area (Å²) >= 11 is 11.8. The molecule has 0 heterocycles. The van der Waals surface area contributed by atoms with E-state index in [1.165, 1.54) is 17.0 Å². The summed E-state index contributed by atoms with van der Waals surface area (Å²) in [6.07, 6.45) is 0. The van der Waals surface area contributed by atoms with Crippen molar-refractivity contribution in [1.82, 2.24) is 0 Å². The van der Waals surface area contributed by atoms with E-state index in [9.17, 15) is 9.18 Å². The highest BCUT2D eigenvalue weighted by atomic mass is 35.5. The molecule has 6 heteroatoms. The van der Waals surface area contributed by atoms with Crippen LogP contribution in [0.25, 0.3) is 0 Å². The van der Waals surface area contributed by atoms with Crippen LogP contribution in [-0.4, -0.2) is 19.1 Å². The number of hydrogen-bond acceptors (Lipinski definition) is 2. The summed E-state index contributed by atoms with van der Waals surface area (Å²) in [5.41, 5.74) is 0.611. The monoisotopic (exact) mass is 341 g/mol. The van der Waals surface area contributed by atoms with E-state index >= 15 is 0 Å². The molecular weight excluding hydrogens is 328 g/mol. The van der Waals surface area contributed by atoms with Gasteiger partial charge in [-0.3, -0.25) is 4.79 Å². The van der Waals surface area contributed by atoms with Gasteiger partial charge in [-0.2, -0.15) is 0 Å². The number of benzene rings is 2. The lowest BCUT2D eigenvalue weighted by Crippen LogP contribution is -2.34. The van der Waals surface area contributed by atoms with Gasteiger partial charge in [0, 0.05) is 17.3 Å². The molecule has 0 fully saturated rings. The third kappa shape index (κ3) is 4.12. The minimum Gasteiger partial charge on any atom is -0.482 e. The van der Waals surface area contributed by atoms with Crippen molar-refractivity contribution in [3.8, 4) is 5.75 Å². The Morgan fingerprint density at radius 2 is 1.86 bits per heavy atom. The summed E-state index contributed by atoms with van der Waals surface area (Å²) in [4.78, 5) is 13.8. The summed E-state index contributed by atoms with van der Waals surface area (Å²) in [6.45, 7) is 2.10. The second-order valence-electron chi connectivity index (χ2n) is 4.48. The minimum atomic E-state index is -0.351. The van der Waals surface area contributed by atoms with Gasteiger partial charge < -0.3 is 9.64 Å². The second kappa shape index (κ2) is 7.47. The predicted octanol–water partition coefficient (Wildman–Crippen LogP) is 4.56. The third-order valence-corrected chi connectivity index (χ3v) is 3.53. The molecule has 2 aromatic rings. The minimum absolute atomic E-state index is 0.174. The Kier molecular flexibility index (Phi) is 5.63. The lowest BCUT2D eigenvalue weighted by atomic mass is 10.2. The van der Waals surface area contributed by atoms with Crippen LogP contribution in [0.1, 0.15) is 6.92 Å². The number of carbonyl (C=O) groups is 1. The molecular formula is C16H14Cl2FNO2. The molecule has 0 aromatic heterocycles. The smallest absolute Gasteiger partial charge is 0.264 e. The Morgan fingerprint density at radius 1 is 1.18 bits per heavy atom. The molecule has 3 nitrogen and oxygen atoms in total. The number of hydrogen-bond donors (Lipinski definition) is 0. The van der Waals surface area contributed by atoms with E-state index in [0.29, 0.717) is 28.0 Å². The van der Waals surface area contributed by atoms with Crippen LogP contribution in [0.3, 0.4) is 0 Å². The van der Waals surface area contributed by atoms with Crippen molar-refractivity contribution >= 4 is 34.8 Å². The Morgan fingerprint density at radius 3 is 2.45 bits per heavy atom. The molecule has 0 radical (unpaired) electrons. The predicted molar refractivity (Wildman–Crippen MR) is 86.4 cm³/mol. The van der Waals surface area contributed by atoms with Crippen molar-refractivity contribution in [3.63, 3.8) is 0 Å². The van der Waals surface area contributed by atoms with Gasteiger partial charge in [0.2, 0.25) is 0 Å². The first-order valence-corrected chi connectivity index (χ1v) is 7.40. The van der Waals surface area contributed by atoms with E-state index < -0.39 is 0 Å². The number of nitrogens with zero attached hydrogens (tertiary/aromatic N) is 1. The lowest BCUT2D eigenvalue weighted by molar-refractivity contribution is -0.120. The first-order valence-electron chi connectivity index (χ1n) is 6.65. The van der Waals surface area contributed by atoms with E-state index in [4.69, 9.17) is 27.9 Å². The Balaban J connectivity index is 2.05. The van der Waals surface area contributed by atoms with Crippen molar-refractivity contribution in [3.05, 3.63) is 58.3 Å². The maximum absolute atomic E-state index is 12.9. The highest BCUT2D eigenvalue weighted by molar-refractivity contribution is 6.35. The quantitative estimate of drug-likeness (QED) is 0.797. The van der Waals surface area contributed by atoms with Crippen LogP contribution in [0.4, 0.5) is 10.1 Å². The fraction of sp³-hybridized carbons (Fsp3) is 0.188. The first-order chi connectivity index (χ1) is 10.5. The van der Waals surface area contributed by atoms with E-state index in [0.717, 1.165) is 0 Å². The Bertz CT molecular complexity index is 662. The molecule has 2 rings (SSSR count). The van der Waals surface area contributed by atoms with E-state index in [2.05, 4.69) is 0 Å². The van der Waals surface area contributed by atoms with Gasteiger partial charge in [-0.05, 0) is 49.4 Å². The molecule has 1 amide bonds. The van der Waals surface area contributed by atoms with Crippen molar-refractivity contribution in [2.75, 3.05) is 18.1 Å². The number of likely N-dealkylation sites (N-methyl/N-ethyl adjacent to an activating group) is 1.